The van der Waals surface area contributed by atoms with Gasteiger partial charge in [0.25, 0.3) is 10.0 Å². The number of likely N-dealkylation sites (tertiary alicyclic amines) is 1. The monoisotopic (exact) mass is 1660 g/mol. The fourth-order valence-electron chi connectivity index (χ4n) is 14.2. The quantitative estimate of drug-likeness (QED) is 0.0698. The summed E-state index contributed by atoms with van der Waals surface area (Å²) in [6.07, 6.45) is 12.2. The highest BCUT2D eigenvalue weighted by molar-refractivity contribution is 7.90. The Bertz CT molecular complexity index is 7170. The summed E-state index contributed by atoms with van der Waals surface area (Å²) in [7, 11) is -16.2. The van der Waals surface area contributed by atoms with E-state index in [0.29, 0.717) is 89.6 Å². The van der Waals surface area contributed by atoms with Gasteiger partial charge in [0.1, 0.15) is 82.4 Å². The number of hydrogen-bond donors (Lipinski definition) is 4. The normalized spacial score (nSPS) is 13.0. The Labute approximate surface area is 668 Å². The lowest BCUT2D eigenvalue weighted by molar-refractivity contribution is -0.117. The molecule has 0 bridgehead atoms. The average molecular weight is 1660 g/mol. The van der Waals surface area contributed by atoms with Crippen LogP contribution in [0.5, 0.6) is 0 Å². The molecule has 14 heterocycles. The van der Waals surface area contributed by atoms with Crippen LogP contribution >= 0.6 is 0 Å². The van der Waals surface area contributed by atoms with Crippen LogP contribution in [0.25, 0.3) is 88.3 Å². The van der Waals surface area contributed by atoms with Gasteiger partial charge in [0.15, 0.2) is 22.6 Å². The molecule has 17 rings (SSSR count). The second-order valence-corrected chi connectivity index (χ2v) is 34.5. The van der Waals surface area contributed by atoms with Crippen molar-refractivity contribution in [3.8, 4) is 0 Å². The number of aromatic nitrogens is 17. The zero-order chi connectivity index (χ0) is 83.3. The number of imidazole rings is 4. The van der Waals surface area contributed by atoms with E-state index in [2.05, 4.69) is 69.3 Å². The van der Waals surface area contributed by atoms with Gasteiger partial charge in [0.2, 0.25) is 36.0 Å². The molecule has 0 atom stereocenters. The number of nitrogens with one attached hydrogen (secondary N) is 1. The number of carbonyl (C=O) groups excluding carboxylic acids is 1. The maximum Gasteiger partial charge on any atom is 0.265 e. The van der Waals surface area contributed by atoms with Crippen molar-refractivity contribution in [1.82, 2.24) is 92.7 Å². The maximum absolute atomic E-state index is 14.5. The minimum absolute atomic E-state index is 0.0713. The van der Waals surface area contributed by atoms with Crippen molar-refractivity contribution in [3.05, 3.63) is 232 Å². The van der Waals surface area contributed by atoms with Crippen LogP contribution in [-0.4, -0.2) is 141 Å². The molecule has 0 aliphatic carbocycles. The van der Waals surface area contributed by atoms with Crippen molar-refractivity contribution in [1.29, 1.82) is 0 Å². The van der Waals surface area contributed by atoms with Crippen LogP contribution in [0.15, 0.2) is 166 Å². The number of piperidine rings is 1. The molecule has 0 saturated carbocycles. The van der Waals surface area contributed by atoms with Crippen LogP contribution < -0.4 is 20.1 Å². The van der Waals surface area contributed by atoms with Gasteiger partial charge >= 0.3 is 0 Å². The van der Waals surface area contributed by atoms with E-state index in [1.54, 1.807) is 49.1 Å². The van der Waals surface area contributed by atoms with E-state index in [4.69, 9.17) is 20.4 Å². The number of rotatable bonds is 16. The SMILES string of the molecule is CC(=O)NS(=O)(=O)c1ccc(Cn2c(C)nc3cnc4nc(C)ccc4c32)nc1.CCc1nc2cnc3nc(C)ccc3c2n1Cc1ccc(S(N)(=O)=O)c(F)c1.Cc1ccc2c(ncc3nc(C)n(Cc4ccc(S(N)(=O)=O)c(F)c4)c32)n1.Cc1ccc2c(ncc3nc(CN4CCCCC4)n(Cc4ccc(S(N)(=O)=O)c(F)c4)c32)n1. The molecule has 1 aliphatic rings. The molecular formula is C79H77F3N22O9S4. The molecule has 0 unspecified atom stereocenters. The molecule has 1 amide bonds. The second kappa shape index (κ2) is 32.5. The fraction of sp³-hybridized carbons (Fsp3) is 0.241. The molecule has 13 aromatic heterocycles. The Morgan fingerprint density at radius 3 is 1.10 bits per heavy atom. The van der Waals surface area contributed by atoms with E-state index in [1.165, 1.54) is 55.1 Å². The lowest BCUT2D eigenvalue weighted by Crippen LogP contribution is -2.30. The Hall–Kier alpha value is -12.2. The number of aryl methyl sites for hydroxylation is 7. The molecule has 1 aliphatic heterocycles. The number of sulfonamides is 4. The predicted molar refractivity (Wildman–Crippen MR) is 433 cm³/mol. The van der Waals surface area contributed by atoms with Gasteiger partial charge in [0, 0.05) is 83.5 Å². The van der Waals surface area contributed by atoms with Crippen molar-refractivity contribution < 1.29 is 51.6 Å². The molecule has 0 radical (unpaired) electrons. The molecule has 7 N–H and O–H groups in total. The first-order valence-electron chi connectivity index (χ1n) is 36.6. The number of hydrogen-bond acceptors (Lipinski definition) is 23. The highest BCUT2D eigenvalue weighted by atomic mass is 32.2. The predicted octanol–water partition coefficient (Wildman–Crippen LogP) is 10.1. The van der Waals surface area contributed by atoms with Gasteiger partial charge in [-0.2, -0.15) is 0 Å². The highest BCUT2D eigenvalue weighted by Gasteiger charge is 2.25. The van der Waals surface area contributed by atoms with Crippen molar-refractivity contribution in [2.24, 2.45) is 15.4 Å². The number of nitrogens with two attached hydrogens (primary N) is 3. The molecule has 602 valence electrons. The molecule has 3 aromatic carbocycles. The van der Waals surface area contributed by atoms with Gasteiger partial charge in [-0.25, -0.2) is 127 Å². The lowest BCUT2D eigenvalue weighted by Gasteiger charge is -2.26. The Balaban J connectivity index is 0.000000129. The minimum Gasteiger partial charge on any atom is -0.323 e. The number of primary sulfonamides is 3. The van der Waals surface area contributed by atoms with E-state index < -0.39 is 78.1 Å². The van der Waals surface area contributed by atoms with Gasteiger partial charge in [-0.1, -0.05) is 31.5 Å². The molecule has 0 spiro atoms. The van der Waals surface area contributed by atoms with E-state index in [0.717, 1.165) is 139 Å². The number of benzene rings is 3. The van der Waals surface area contributed by atoms with Crippen molar-refractivity contribution in [2.45, 2.75) is 133 Å². The van der Waals surface area contributed by atoms with Crippen molar-refractivity contribution in [3.63, 3.8) is 0 Å². The number of nitrogens with zero attached hydrogens (tertiary/aromatic N) is 18. The van der Waals surface area contributed by atoms with Crippen LogP contribution in [0.4, 0.5) is 13.2 Å². The van der Waals surface area contributed by atoms with Gasteiger partial charge in [-0.05, 0) is 181 Å². The summed E-state index contributed by atoms with van der Waals surface area (Å²) in [4.78, 5) is 70.3. The van der Waals surface area contributed by atoms with Crippen LogP contribution in [0, 0.1) is 59.0 Å². The van der Waals surface area contributed by atoms with E-state index in [-0.39, 0.29) is 4.90 Å². The van der Waals surface area contributed by atoms with Crippen molar-refractivity contribution >= 4 is 134 Å². The number of fused-ring (bicyclic) bond motifs is 12. The fourth-order valence-corrected chi connectivity index (χ4v) is 16.9. The number of carbonyl (C=O) groups is 1. The molecule has 38 heteroatoms. The first-order chi connectivity index (χ1) is 55.5. The van der Waals surface area contributed by atoms with Crippen LogP contribution in [0.1, 0.15) is 102 Å². The van der Waals surface area contributed by atoms with Crippen molar-refractivity contribution in [2.75, 3.05) is 13.1 Å². The summed E-state index contributed by atoms with van der Waals surface area (Å²) in [6, 6.07) is 30.4. The molecular weight excluding hydrogens is 1590 g/mol. The van der Waals surface area contributed by atoms with Crippen LogP contribution in [-0.2, 0) is 84.0 Å². The van der Waals surface area contributed by atoms with E-state index >= 15 is 0 Å². The van der Waals surface area contributed by atoms with Gasteiger partial charge in [-0.3, -0.25) is 14.7 Å². The van der Waals surface area contributed by atoms with Crippen LogP contribution in [0.3, 0.4) is 0 Å². The zero-order valence-electron chi connectivity index (χ0n) is 64.4. The Kier molecular flexibility index (Phi) is 22.6. The smallest absolute Gasteiger partial charge is 0.265 e. The highest BCUT2D eigenvalue weighted by Crippen LogP contribution is 2.32. The maximum atomic E-state index is 14.5. The summed E-state index contributed by atoms with van der Waals surface area (Å²) < 4.78 is 146. The van der Waals surface area contributed by atoms with Gasteiger partial charge < -0.3 is 18.3 Å². The molecule has 31 nitrogen and oxygen atoms in total. The third kappa shape index (κ3) is 17.5. The summed E-state index contributed by atoms with van der Waals surface area (Å²) in [5, 5.41) is 18.6. The topological polar surface area (TPSA) is 434 Å². The number of pyridine rings is 9. The van der Waals surface area contributed by atoms with Gasteiger partial charge in [0.05, 0.1) is 65.6 Å². The summed E-state index contributed by atoms with van der Waals surface area (Å²) >= 11 is 0. The summed E-state index contributed by atoms with van der Waals surface area (Å²) in [5.41, 5.74) is 14.9. The Morgan fingerprint density at radius 1 is 0.402 bits per heavy atom. The number of halogens is 3. The number of amides is 1. The molecule has 1 fully saturated rings. The molecule has 16 aromatic rings. The first-order valence-corrected chi connectivity index (χ1v) is 42.7. The zero-order valence-corrected chi connectivity index (χ0v) is 67.6. The summed E-state index contributed by atoms with van der Waals surface area (Å²) in [5.74, 6) is -0.0622. The second-order valence-electron chi connectivity index (χ2n) is 28.2. The third-order valence-corrected chi connectivity index (χ3v) is 23.8. The van der Waals surface area contributed by atoms with E-state index in [9.17, 15) is 51.6 Å². The Morgan fingerprint density at radius 2 is 0.752 bits per heavy atom. The summed E-state index contributed by atoms with van der Waals surface area (Å²) in [6.45, 7) is 18.6. The van der Waals surface area contributed by atoms with Gasteiger partial charge in [-0.15, -0.1) is 0 Å². The molecule has 1 saturated heterocycles. The lowest BCUT2D eigenvalue weighted by atomic mass is 10.1. The minimum atomic E-state index is -4.12. The van der Waals surface area contributed by atoms with E-state index in [1.807, 2.05) is 115 Å². The average Bonchev–Trinajstić information content (AvgIpc) is 1.64. The standard InChI is InChI=1S/C23H25FN6O2S.C19H18FN5O2S.C19H18N6O3S.C18H16FN5O2S/c1-15-5-7-17-22-19(12-26-23(17)27-15)28-21(14-29-9-3-2-4-10-29)30(22)13-16-6-8-20(18(24)11-16)33(25,31)32;1-3-17-24-15-9-22-19-13(6-4-11(2)23-19)18(15)25(17)10-12-5-7-16(14(20)8-12)28(21,26)27;1-11-4-7-16-18-17(9-21-19(16)22-11)23-12(2)25(18)10-14-5-6-15(8-20-14)29(27,28)24-13(3)26;1-10-3-5-13-17-15(8-21-18(13)22-10)23-11(2)24(17)9-12-4-6-16(14(19)7-12)27(20,25)26/h5-8,11-12H,2-4,9-10,13-14H2,1H3,(H2,25,31,32);4-9H,3,10H2,1-2H3,(H2,21,26,27);4-9H,10H2,1-3H3,(H,24,26);3-8H,9H2,1-2H3,(H2,20,25,26). The first kappa shape index (κ1) is 81.4. The largest absolute Gasteiger partial charge is 0.323 e. The third-order valence-electron chi connectivity index (χ3n) is 19.6. The molecule has 117 heavy (non-hydrogen) atoms. The van der Waals surface area contributed by atoms with Crippen LogP contribution in [0.2, 0.25) is 0 Å².